The number of hydrogen-bond acceptors (Lipinski definition) is 7. The summed E-state index contributed by atoms with van der Waals surface area (Å²) in [6, 6.07) is 8.33. The number of nitro benzene ring substituents is 1. The van der Waals surface area contributed by atoms with Crippen LogP contribution in [0.4, 0.5) is 17.1 Å². The minimum Gasteiger partial charge on any atom is -0.465 e. The van der Waals surface area contributed by atoms with Gasteiger partial charge < -0.3 is 10.1 Å². The molecule has 1 unspecified atom stereocenters. The molecule has 0 aliphatic rings. The van der Waals surface area contributed by atoms with Gasteiger partial charge in [0.2, 0.25) is 15.9 Å². The molecule has 2 aromatic rings. The number of nitrogens with one attached hydrogen (secondary N) is 1. The maximum Gasteiger partial charge on any atom is 0.337 e. The van der Waals surface area contributed by atoms with Crippen LogP contribution >= 0.6 is 0 Å². The third-order valence-electron chi connectivity index (χ3n) is 4.30. The number of anilines is 2. The second kappa shape index (κ2) is 8.91. The minimum atomic E-state index is -3.96. The van der Waals surface area contributed by atoms with E-state index in [4.69, 9.17) is 0 Å². The molecule has 0 aromatic heterocycles. The van der Waals surface area contributed by atoms with E-state index in [-0.39, 0.29) is 16.9 Å². The van der Waals surface area contributed by atoms with E-state index in [9.17, 15) is 28.1 Å². The lowest BCUT2D eigenvalue weighted by molar-refractivity contribution is -0.384. The van der Waals surface area contributed by atoms with Crippen LogP contribution in [0.15, 0.2) is 42.5 Å². The highest BCUT2D eigenvalue weighted by molar-refractivity contribution is 7.92. The fourth-order valence-electron chi connectivity index (χ4n) is 2.79. The molecule has 30 heavy (non-hydrogen) atoms. The fourth-order valence-corrected chi connectivity index (χ4v) is 3.96. The third kappa shape index (κ3) is 5.11. The zero-order valence-electron chi connectivity index (χ0n) is 16.8. The van der Waals surface area contributed by atoms with Crippen molar-refractivity contribution in [2.75, 3.05) is 23.0 Å². The Kier molecular flexibility index (Phi) is 6.77. The van der Waals surface area contributed by atoms with Crippen molar-refractivity contribution in [2.45, 2.75) is 19.9 Å². The van der Waals surface area contributed by atoms with Gasteiger partial charge >= 0.3 is 5.97 Å². The average Bonchev–Trinajstić information content (AvgIpc) is 2.68. The summed E-state index contributed by atoms with van der Waals surface area (Å²) in [6.07, 6.45) is 0.902. The van der Waals surface area contributed by atoms with E-state index >= 15 is 0 Å². The van der Waals surface area contributed by atoms with Crippen LogP contribution in [0.25, 0.3) is 0 Å². The summed E-state index contributed by atoms with van der Waals surface area (Å²) in [6.45, 7) is 3.06. The molecule has 1 amide bonds. The Balaban J connectivity index is 2.39. The van der Waals surface area contributed by atoms with Crippen molar-refractivity contribution >= 4 is 39.0 Å². The van der Waals surface area contributed by atoms with Crippen molar-refractivity contribution in [1.29, 1.82) is 0 Å². The SMILES string of the molecule is COC(=O)c1ccc(C)c(NC(=O)C(C)N(c2cccc([N+](=O)[O-])c2)S(C)(=O)=O)c1. The van der Waals surface area contributed by atoms with Crippen molar-refractivity contribution in [1.82, 2.24) is 0 Å². The highest BCUT2D eigenvalue weighted by Gasteiger charge is 2.30. The number of carbonyl (C=O) groups excluding carboxylic acids is 2. The zero-order chi connectivity index (χ0) is 22.6. The van der Waals surface area contributed by atoms with Crippen LogP contribution in [-0.2, 0) is 19.6 Å². The van der Waals surface area contributed by atoms with Crippen LogP contribution in [0, 0.1) is 17.0 Å². The summed E-state index contributed by atoms with van der Waals surface area (Å²) in [5.74, 6) is -1.27. The van der Waals surface area contributed by atoms with E-state index < -0.39 is 32.9 Å². The molecular weight excluding hydrogens is 414 g/mol. The van der Waals surface area contributed by atoms with E-state index in [0.717, 1.165) is 16.6 Å². The van der Waals surface area contributed by atoms with E-state index in [1.807, 2.05) is 0 Å². The number of carbonyl (C=O) groups is 2. The highest BCUT2D eigenvalue weighted by Crippen LogP contribution is 2.26. The van der Waals surface area contributed by atoms with E-state index in [1.165, 1.54) is 44.4 Å². The van der Waals surface area contributed by atoms with Gasteiger partial charge in [0.25, 0.3) is 5.69 Å². The van der Waals surface area contributed by atoms with Crippen LogP contribution in [0.2, 0.25) is 0 Å². The number of nitro groups is 1. The van der Waals surface area contributed by atoms with Gasteiger partial charge in [-0.3, -0.25) is 19.2 Å². The number of esters is 1. The molecule has 0 spiro atoms. The molecule has 0 saturated heterocycles. The number of aryl methyl sites for hydroxylation is 1. The van der Waals surface area contributed by atoms with Gasteiger partial charge in [0.05, 0.1) is 29.5 Å². The Morgan fingerprint density at radius 3 is 2.43 bits per heavy atom. The molecule has 10 nitrogen and oxygen atoms in total. The van der Waals surface area contributed by atoms with Crippen LogP contribution < -0.4 is 9.62 Å². The van der Waals surface area contributed by atoms with Gasteiger partial charge in [-0.25, -0.2) is 13.2 Å². The quantitative estimate of drug-likeness (QED) is 0.401. The standard InChI is InChI=1S/C19H21N3O7S/c1-12-8-9-14(19(24)29-3)10-17(12)20-18(23)13(2)21(30(4,27)28)15-6-5-7-16(11-15)22(25)26/h5-11,13H,1-4H3,(H,20,23). The molecule has 1 N–H and O–H groups in total. The molecule has 0 fully saturated rings. The van der Waals surface area contributed by atoms with Crippen LogP contribution in [0.5, 0.6) is 0 Å². The molecule has 2 rings (SSSR count). The predicted octanol–water partition coefficient (Wildman–Crippen LogP) is 2.48. The first-order valence-corrected chi connectivity index (χ1v) is 10.5. The molecule has 0 aliphatic carbocycles. The van der Waals surface area contributed by atoms with E-state index in [1.54, 1.807) is 13.0 Å². The van der Waals surface area contributed by atoms with Gasteiger partial charge in [-0.1, -0.05) is 12.1 Å². The average molecular weight is 435 g/mol. The molecule has 1 atom stereocenters. The summed E-state index contributed by atoms with van der Waals surface area (Å²) >= 11 is 0. The van der Waals surface area contributed by atoms with Crippen molar-refractivity contribution in [2.24, 2.45) is 0 Å². The molecule has 160 valence electrons. The first-order valence-electron chi connectivity index (χ1n) is 8.69. The van der Waals surface area contributed by atoms with Crippen molar-refractivity contribution in [3.8, 4) is 0 Å². The number of ether oxygens (including phenoxy) is 1. The lowest BCUT2D eigenvalue weighted by atomic mass is 10.1. The van der Waals surface area contributed by atoms with Crippen LogP contribution in [-0.4, -0.2) is 44.6 Å². The molecule has 11 heteroatoms. The highest BCUT2D eigenvalue weighted by atomic mass is 32.2. The van der Waals surface area contributed by atoms with Crippen molar-refractivity contribution < 1.29 is 27.7 Å². The normalized spacial score (nSPS) is 12.0. The van der Waals surface area contributed by atoms with Crippen molar-refractivity contribution in [3.05, 3.63) is 63.7 Å². The third-order valence-corrected chi connectivity index (χ3v) is 5.54. The van der Waals surface area contributed by atoms with Crippen LogP contribution in [0.3, 0.4) is 0 Å². The number of benzene rings is 2. The Labute approximate surface area is 173 Å². The second-order valence-electron chi connectivity index (χ2n) is 6.52. The summed E-state index contributed by atoms with van der Waals surface area (Å²) in [5.41, 5.74) is 0.834. The van der Waals surface area contributed by atoms with Crippen molar-refractivity contribution in [3.63, 3.8) is 0 Å². The fraction of sp³-hybridized carbons (Fsp3) is 0.263. The minimum absolute atomic E-state index is 0.0191. The zero-order valence-corrected chi connectivity index (χ0v) is 17.6. The van der Waals surface area contributed by atoms with E-state index in [0.29, 0.717) is 11.3 Å². The molecule has 0 saturated carbocycles. The van der Waals surface area contributed by atoms with Gasteiger partial charge in [-0.15, -0.1) is 0 Å². The topological polar surface area (TPSA) is 136 Å². The first kappa shape index (κ1) is 22.8. The Bertz CT molecular complexity index is 1100. The second-order valence-corrected chi connectivity index (χ2v) is 8.38. The molecule has 0 aliphatic heterocycles. The maximum absolute atomic E-state index is 12.8. The first-order chi connectivity index (χ1) is 14.0. The molecule has 2 aromatic carbocycles. The lowest BCUT2D eigenvalue weighted by Crippen LogP contribution is -2.45. The van der Waals surface area contributed by atoms with Gasteiger partial charge in [-0.2, -0.15) is 0 Å². The molecule has 0 heterocycles. The summed E-state index contributed by atoms with van der Waals surface area (Å²) < 4.78 is 30.2. The number of methoxy groups -OCH3 is 1. The Morgan fingerprint density at radius 2 is 1.87 bits per heavy atom. The van der Waals surface area contributed by atoms with Gasteiger partial charge in [-0.05, 0) is 37.6 Å². The van der Waals surface area contributed by atoms with E-state index in [2.05, 4.69) is 10.1 Å². The summed E-state index contributed by atoms with van der Waals surface area (Å²) in [4.78, 5) is 34.9. The lowest BCUT2D eigenvalue weighted by Gasteiger charge is -2.28. The summed E-state index contributed by atoms with van der Waals surface area (Å²) in [5, 5.41) is 13.6. The number of nitrogens with zero attached hydrogens (tertiary/aromatic N) is 2. The summed E-state index contributed by atoms with van der Waals surface area (Å²) in [7, 11) is -2.73. The predicted molar refractivity (Wildman–Crippen MR) is 111 cm³/mol. The number of non-ortho nitro benzene ring substituents is 1. The smallest absolute Gasteiger partial charge is 0.337 e. The molecule has 0 bridgehead atoms. The van der Waals surface area contributed by atoms with Crippen LogP contribution in [0.1, 0.15) is 22.8 Å². The Hall–Kier alpha value is -3.47. The Morgan fingerprint density at radius 1 is 1.20 bits per heavy atom. The maximum atomic E-state index is 12.8. The molecular formula is C19H21N3O7S. The number of hydrogen-bond donors (Lipinski definition) is 1. The van der Waals surface area contributed by atoms with Gasteiger partial charge in [0.1, 0.15) is 6.04 Å². The monoisotopic (exact) mass is 435 g/mol. The number of rotatable bonds is 7. The largest absolute Gasteiger partial charge is 0.465 e. The van der Waals surface area contributed by atoms with Gasteiger partial charge in [0, 0.05) is 17.8 Å². The number of amides is 1. The molecule has 0 radical (unpaired) electrons. The van der Waals surface area contributed by atoms with Gasteiger partial charge in [0.15, 0.2) is 0 Å². The number of sulfonamides is 1.